The van der Waals surface area contributed by atoms with Crippen LogP contribution in [0.25, 0.3) is 0 Å². The molecule has 0 saturated carbocycles. The molecular formula is C8H15NO4. The van der Waals surface area contributed by atoms with Crippen LogP contribution < -0.4 is 5.73 Å². The van der Waals surface area contributed by atoms with Crippen molar-refractivity contribution in [2.75, 3.05) is 13.2 Å². The first kappa shape index (κ1) is 12.1. The maximum Gasteiger partial charge on any atom is 0.320 e. The van der Waals surface area contributed by atoms with Gasteiger partial charge in [-0.15, -0.1) is 0 Å². The number of aliphatic carboxylic acids is 1. The average Bonchev–Trinajstić information content (AvgIpc) is 2.02. The van der Waals surface area contributed by atoms with Crippen molar-refractivity contribution in [2.24, 2.45) is 5.73 Å². The normalized spacial score (nSPS) is 12.5. The molecule has 76 valence electrons. The van der Waals surface area contributed by atoms with E-state index >= 15 is 0 Å². The Morgan fingerprint density at radius 3 is 2.54 bits per heavy atom. The van der Waals surface area contributed by atoms with Gasteiger partial charge in [0.1, 0.15) is 11.8 Å². The molecule has 0 fully saturated rings. The van der Waals surface area contributed by atoms with E-state index < -0.39 is 12.0 Å². The lowest BCUT2D eigenvalue weighted by molar-refractivity contribution is -0.139. The Morgan fingerprint density at radius 2 is 2.08 bits per heavy atom. The lowest BCUT2D eigenvalue weighted by Crippen LogP contribution is -2.31. The van der Waals surface area contributed by atoms with Crippen LogP contribution in [-0.2, 0) is 14.3 Å². The third-order valence-electron chi connectivity index (χ3n) is 1.49. The molecule has 5 heteroatoms. The Morgan fingerprint density at radius 1 is 1.46 bits per heavy atom. The van der Waals surface area contributed by atoms with Gasteiger partial charge in [0, 0.05) is 13.0 Å². The van der Waals surface area contributed by atoms with Gasteiger partial charge in [0.05, 0.1) is 6.61 Å². The number of rotatable bonds is 7. The molecule has 0 aromatic heterocycles. The molecule has 0 aliphatic heterocycles. The monoisotopic (exact) mass is 189 g/mol. The van der Waals surface area contributed by atoms with E-state index in [-0.39, 0.29) is 18.8 Å². The van der Waals surface area contributed by atoms with Crippen LogP contribution in [0.3, 0.4) is 0 Å². The fourth-order valence-corrected chi connectivity index (χ4v) is 0.652. The SMILES string of the molecule is CC(=O)CCOCC[C@H](N)C(=O)O. The summed E-state index contributed by atoms with van der Waals surface area (Å²) in [6.07, 6.45) is 0.634. The number of ether oxygens (including phenoxy) is 1. The molecule has 0 unspecified atom stereocenters. The zero-order valence-electron chi connectivity index (χ0n) is 7.66. The van der Waals surface area contributed by atoms with E-state index in [0.717, 1.165) is 0 Å². The van der Waals surface area contributed by atoms with Crippen molar-refractivity contribution in [1.29, 1.82) is 0 Å². The maximum atomic E-state index is 10.5. The summed E-state index contributed by atoms with van der Waals surface area (Å²) in [4.78, 5) is 20.7. The minimum absolute atomic E-state index is 0.0579. The van der Waals surface area contributed by atoms with Crippen LogP contribution in [0.15, 0.2) is 0 Å². The Bertz CT molecular complexity index is 181. The van der Waals surface area contributed by atoms with Gasteiger partial charge in [0.2, 0.25) is 0 Å². The molecule has 13 heavy (non-hydrogen) atoms. The molecule has 0 rings (SSSR count). The highest BCUT2D eigenvalue weighted by molar-refractivity contribution is 5.75. The molecule has 0 aromatic rings. The van der Waals surface area contributed by atoms with Crippen LogP contribution in [0.4, 0.5) is 0 Å². The highest BCUT2D eigenvalue weighted by atomic mass is 16.5. The van der Waals surface area contributed by atoms with Crippen LogP contribution in [0, 0.1) is 0 Å². The van der Waals surface area contributed by atoms with E-state index in [1.807, 2.05) is 0 Å². The minimum Gasteiger partial charge on any atom is -0.480 e. The predicted octanol–water partition coefficient (Wildman–Crippen LogP) is -0.216. The van der Waals surface area contributed by atoms with Gasteiger partial charge in [-0.05, 0) is 13.3 Å². The van der Waals surface area contributed by atoms with Crippen molar-refractivity contribution in [3.63, 3.8) is 0 Å². The number of ketones is 1. The van der Waals surface area contributed by atoms with Crippen molar-refractivity contribution < 1.29 is 19.4 Å². The van der Waals surface area contributed by atoms with Crippen LogP contribution in [0.2, 0.25) is 0 Å². The molecule has 1 atom stereocenters. The summed E-state index contributed by atoms with van der Waals surface area (Å²) in [7, 11) is 0. The predicted molar refractivity (Wildman–Crippen MR) is 46.3 cm³/mol. The zero-order valence-corrected chi connectivity index (χ0v) is 7.66. The summed E-state index contributed by atoms with van der Waals surface area (Å²) in [5.74, 6) is -0.974. The number of Topliss-reactive ketones (excluding diaryl/α,β-unsaturated/α-hetero) is 1. The van der Waals surface area contributed by atoms with Crippen molar-refractivity contribution in [3.05, 3.63) is 0 Å². The number of carboxylic acids is 1. The van der Waals surface area contributed by atoms with E-state index in [1.165, 1.54) is 6.92 Å². The first-order valence-corrected chi connectivity index (χ1v) is 4.09. The highest BCUT2D eigenvalue weighted by Crippen LogP contribution is 1.91. The van der Waals surface area contributed by atoms with E-state index in [2.05, 4.69) is 0 Å². The number of hydrogen-bond donors (Lipinski definition) is 2. The summed E-state index contributed by atoms with van der Waals surface area (Å²) in [6, 6.07) is -0.877. The van der Waals surface area contributed by atoms with Crippen LogP contribution in [0.5, 0.6) is 0 Å². The Hall–Kier alpha value is -0.940. The highest BCUT2D eigenvalue weighted by Gasteiger charge is 2.10. The van der Waals surface area contributed by atoms with Crippen molar-refractivity contribution in [1.82, 2.24) is 0 Å². The topological polar surface area (TPSA) is 89.6 Å². The summed E-state index contributed by atoms with van der Waals surface area (Å²) < 4.78 is 5.00. The Labute approximate surface area is 76.9 Å². The van der Waals surface area contributed by atoms with Gasteiger partial charge in [-0.3, -0.25) is 9.59 Å². The first-order chi connectivity index (χ1) is 6.04. The van der Waals surface area contributed by atoms with Crippen molar-refractivity contribution in [3.8, 4) is 0 Å². The second-order valence-electron chi connectivity index (χ2n) is 2.80. The zero-order chi connectivity index (χ0) is 10.3. The molecule has 0 aliphatic rings. The van der Waals surface area contributed by atoms with Gasteiger partial charge >= 0.3 is 5.97 Å². The van der Waals surface area contributed by atoms with Gasteiger partial charge in [-0.1, -0.05) is 0 Å². The molecule has 0 aliphatic carbocycles. The number of carbonyl (C=O) groups is 2. The molecule has 0 spiro atoms. The van der Waals surface area contributed by atoms with E-state index in [9.17, 15) is 9.59 Å². The van der Waals surface area contributed by atoms with E-state index in [4.69, 9.17) is 15.6 Å². The maximum absolute atomic E-state index is 10.5. The minimum atomic E-state index is -1.03. The second kappa shape index (κ2) is 6.56. The quantitative estimate of drug-likeness (QED) is 0.540. The second-order valence-corrected chi connectivity index (χ2v) is 2.80. The van der Waals surface area contributed by atoms with Gasteiger partial charge < -0.3 is 15.6 Å². The summed E-state index contributed by atoms with van der Waals surface area (Å²) in [5.41, 5.74) is 5.21. The molecule has 3 N–H and O–H groups in total. The molecular weight excluding hydrogens is 174 g/mol. The molecule has 5 nitrogen and oxygen atoms in total. The summed E-state index contributed by atoms with van der Waals surface area (Å²) in [6.45, 7) is 2.09. The van der Waals surface area contributed by atoms with Crippen LogP contribution in [-0.4, -0.2) is 36.1 Å². The fourth-order valence-electron chi connectivity index (χ4n) is 0.652. The van der Waals surface area contributed by atoms with E-state index in [0.29, 0.717) is 13.0 Å². The number of hydrogen-bond acceptors (Lipinski definition) is 4. The summed E-state index contributed by atoms with van der Waals surface area (Å²) >= 11 is 0. The molecule has 0 bridgehead atoms. The van der Waals surface area contributed by atoms with Crippen LogP contribution >= 0.6 is 0 Å². The van der Waals surface area contributed by atoms with Gasteiger partial charge in [0.25, 0.3) is 0 Å². The molecule has 0 aromatic carbocycles. The standard InChI is InChI=1S/C8H15NO4/c1-6(10)2-4-13-5-3-7(9)8(11)12/h7H,2-5,9H2,1H3,(H,11,12)/t7-/m0/s1. The van der Waals surface area contributed by atoms with Crippen molar-refractivity contribution >= 4 is 11.8 Å². The Kier molecular flexibility index (Phi) is 6.09. The average molecular weight is 189 g/mol. The van der Waals surface area contributed by atoms with Gasteiger partial charge in [-0.25, -0.2) is 0 Å². The van der Waals surface area contributed by atoms with Gasteiger partial charge in [0.15, 0.2) is 0 Å². The smallest absolute Gasteiger partial charge is 0.320 e. The first-order valence-electron chi connectivity index (χ1n) is 4.09. The summed E-state index contributed by atoms with van der Waals surface area (Å²) in [5, 5.41) is 8.39. The van der Waals surface area contributed by atoms with Crippen LogP contribution in [0.1, 0.15) is 19.8 Å². The number of nitrogens with two attached hydrogens (primary N) is 1. The molecule has 0 amide bonds. The third-order valence-corrected chi connectivity index (χ3v) is 1.49. The molecule has 0 radical (unpaired) electrons. The lowest BCUT2D eigenvalue weighted by Gasteiger charge is -2.06. The molecule has 0 heterocycles. The molecule has 0 saturated heterocycles. The number of carbonyl (C=O) groups excluding carboxylic acids is 1. The van der Waals surface area contributed by atoms with Crippen molar-refractivity contribution in [2.45, 2.75) is 25.8 Å². The van der Waals surface area contributed by atoms with Gasteiger partial charge in [-0.2, -0.15) is 0 Å². The lowest BCUT2D eigenvalue weighted by atomic mass is 10.2. The largest absolute Gasteiger partial charge is 0.480 e. The fraction of sp³-hybridized carbons (Fsp3) is 0.750. The Balaban J connectivity index is 3.26. The van der Waals surface area contributed by atoms with E-state index in [1.54, 1.807) is 0 Å². The third kappa shape index (κ3) is 7.42. The number of carboxylic acid groups (broad SMARTS) is 1.